The number of rotatable bonds is 5. The molecule has 0 atom stereocenters. The van der Waals surface area contributed by atoms with Crippen molar-refractivity contribution in [2.75, 3.05) is 11.9 Å². The number of anilines is 1. The molecule has 0 saturated heterocycles. The van der Waals surface area contributed by atoms with Crippen LogP contribution in [0.3, 0.4) is 0 Å². The van der Waals surface area contributed by atoms with Crippen molar-refractivity contribution < 1.29 is 14.3 Å². The van der Waals surface area contributed by atoms with E-state index < -0.39 is 0 Å². The molecule has 6 heteroatoms. The summed E-state index contributed by atoms with van der Waals surface area (Å²) in [4.78, 5) is 16.7. The summed E-state index contributed by atoms with van der Waals surface area (Å²) >= 11 is 1.51. The van der Waals surface area contributed by atoms with Crippen LogP contribution in [0.2, 0.25) is 0 Å². The van der Waals surface area contributed by atoms with Gasteiger partial charge in [0.05, 0.1) is 16.8 Å². The second-order valence-electron chi connectivity index (χ2n) is 6.03. The van der Waals surface area contributed by atoms with Gasteiger partial charge in [0.15, 0.2) is 5.78 Å². The number of Topliss-reactive ketones (excluding diaryl/α,β-unsaturated/α-hetero) is 1. The second kappa shape index (κ2) is 7.17. The van der Waals surface area contributed by atoms with Crippen LogP contribution in [0, 0.1) is 5.82 Å². The highest BCUT2D eigenvalue weighted by Crippen LogP contribution is 2.32. The van der Waals surface area contributed by atoms with E-state index in [0.717, 1.165) is 26.5 Å². The number of ketones is 1. The number of benzene rings is 3. The molecular weight excluding hydrogens is 363 g/mol. The Morgan fingerprint density at radius 2 is 1.78 bits per heavy atom. The van der Waals surface area contributed by atoms with Crippen LogP contribution in [0.1, 0.15) is 10.4 Å². The summed E-state index contributed by atoms with van der Waals surface area (Å²) in [5, 5.41) is 13.5. The minimum absolute atomic E-state index is 0.106. The fraction of sp³-hybridized carbons (Fsp3) is 0.0476. The standard InChI is InChI=1S/C21H15FN2O2S/c22-15-5-1-13(2-6-15)19(26)12-23-16-7-3-14(4-8-16)21-24-18-10-9-17(25)11-20(18)27-21/h1-11,23,25H,12H2. The van der Waals surface area contributed by atoms with Crippen LogP contribution in [0.25, 0.3) is 20.8 Å². The Morgan fingerprint density at radius 1 is 1.04 bits per heavy atom. The normalized spacial score (nSPS) is 10.9. The fourth-order valence-corrected chi connectivity index (χ4v) is 3.69. The molecule has 4 aromatic rings. The van der Waals surface area contributed by atoms with Crippen molar-refractivity contribution in [3.05, 3.63) is 78.1 Å². The van der Waals surface area contributed by atoms with Crippen LogP contribution in [0.15, 0.2) is 66.7 Å². The number of fused-ring (bicyclic) bond motifs is 1. The molecule has 0 fully saturated rings. The number of hydrogen-bond donors (Lipinski definition) is 2. The Morgan fingerprint density at radius 3 is 2.52 bits per heavy atom. The molecule has 0 unspecified atom stereocenters. The van der Waals surface area contributed by atoms with E-state index in [1.165, 1.54) is 35.6 Å². The van der Waals surface area contributed by atoms with Crippen molar-refractivity contribution in [3.8, 4) is 16.3 Å². The van der Waals surface area contributed by atoms with Gasteiger partial charge in [-0.2, -0.15) is 0 Å². The number of thiazole rings is 1. The number of nitrogens with zero attached hydrogens (tertiary/aromatic N) is 1. The van der Waals surface area contributed by atoms with Crippen molar-refractivity contribution in [1.82, 2.24) is 4.98 Å². The summed E-state index contributed by atoms with van der Waals surface area (Å²) < 4.78 is 13.9. The molecular formula is C21H15FN2O2S. The minimum Gasteiger partial charge on any atom is -0.508 e. The van der Waals surface area contributed by atoms with Gasteiger partial charge in [-0.1, -0.05) is 0 Å². The molecule has 0 saturated carbocycles. The highest BCUT2D eigenvalue weighted by Gasteiger charge is 2.08. The van der Waals surface area contributed by atoms with Crippen LogP contribution in [-0.2, 0) is 0 Å². The van der Waals surface area contributed by atoms with Crippen molar-refractivity contribution >= 4 is 33.0 Å². The number of carbonyl (C=O) groups excluding carboxylic acids is 1. The quantitative estimate of drug-likeness (QED) is 0.474. The third-order valence-corrected chi connectivity index (χ3v) is 5.19. The van der Waals surface area contributed by atoms with Gasteiger partial charge in [-0.25, -0.2) is 9.37 Å². The Kier molecular flexibility index (Phi) is 4.56. The predicted molar refractivity (Wildman–Crippen MR) is 106 cm³/mol. The van der Waals surface area contributed by atoms with Crippen LogP contribution in [0.4, 0.5) is 10.1 Å². The summed E-state index contributed by atoms with van der Waals surface area (Å²) in [6, 6.07) is 18.3. The van der Waals surface area contributed by atoms with Crippen molar-refractivity contribution in [3.63, 3.8) is 0 Å². The number of aromatic hydroxyl groups is 1. The lowest BCUT2D eigenvalue weighted by Crippen LogP contribution is -2.13. The molecule has 0 aliphatic rings. The van der Waals surface area contributed by atoms with Gasteiger partial charge in [-0.05, 0) is 66.7 Å². The minimum atomic E-state index is -0.361. The van der Waals surface area contributed by atoms with Crippen LogP contribution >= 0.6 is 11.3 Å². The third kappa shape index (κ3) is 3.80. The average Bonchev–Trinajstić information content (AvgIpc) is 3.10. The van der Waals surface area contributed by atoms with Gasteiger partial charge >= 0.3 is 0 Å². The first-order valence-corrected chi connectivity index (χ1v) is 9.13. The number of nitrogens with one attached hydrogen (secondary N) is 1. The van der Waals surface area contributed by atoms with E-state index in [4.69, 9.17) is 0 Å². The number of halogens is 1. The van der Waals surface area contributed by atoms with E-state index in [9.17, 15) is 14.3 Å². The lowest BCUT2D eigenvalue weighted by Gasteiger charge is -2.06. The number of hydrogen-bond acceptors (Lipinski definition) is 5. The molecule has 0 bridgehead atoms. The maximum atomic E-state index is 12.9. The van der Waals surface area contributed by atoms with Crippen LogP contribution in [0.5, 0.6) is 5.75 Å². The third-order valence-electron chi connectivity index (χ3n) is 4.12. The van der Waals surface area contributed by atoms with E-state index in [0.29, 0.717) is 5.56 Å². The smallest absolute Gasteiger partial charge is 0.181 e. The lowest BCUT2D eigenvalue weighted by atomic mass is 10.1. The van der Waals surface area contributed by atoms with E-state index in [1.54, 1.807) is 18.2 Å². The molecule has 0 aliphatic heterocycles. The van der Waals surface area contributed by atoms with E-state index in [2.05, 4.69) is 10.3 Å². The molecule has 0 spiro atoms. The number of phenols is 1. The van der Waals surface area contributed by atoms with Crippen molar-refractivity contribution in [2.24, 2.45) is 0 Å². The van der Waals surface area contributed by atoms with Gasteiger partial charge < -0.3 is 10.4 Å². The first-order chi connectivity index (χ1) is 13.1. The van der Waals surface area contributed by atoms with E-state index in [-0.39, 0.29) is 23.9 Å². The maximum absolute atomic E-state index is 12.9. The Hall–Kier alpha value is -3.25. The number of aromatic nitrogens is 1. The van der Waals surface area contributed by atoms with Gasteiger partial charge in [0.2, 0.25) is 0 Å². The van der Waals surface area contributed by atoms with Crippen molar-refractivity contribution in [2.45, 2.75) is 0 Å². The molecule has 2 N–H and O–H groups in total. The molecule has 4 nitrogen and oxygen atoms in total. The SMILES string of the molecule is O=C(CNc1ccc(-c2nc3ccc(O)cc3s2)cc1)c1ccc(F)cc1. The lowest BCUT2D eigenvalue weighted by molar-refractivity contribution is 0.101. The molecule has 1 aromatic heterocycles. The first-order valence-electron chi connectivity index (χ1n) is 8.31. The number of carbonyl (C=O) groups is 1. The molecule has 0 aliphatic carbocycles. The molecule has 0 radical (unpaired) electrons. The van der Waals surface area contributed by atoms with Gasteiger partial charge in [0.25, 0.3) is 0 Å². The van der Waals surface area contributed by atoms with Crippen LogP contribution in [-0.4, -0.2) is 22.4 Å². The summed E-state index contributed by atoms with van der Waals surface area (Å²) in [5.74, 6) is -0.242. The molecule has 27 heavy (non-hydrogen) atoms. The summed E-state index contributed by atoms with van der Waals surface area (Å²) in [5.41, 5.74) is 3.09. The molecule has 3 aromatic carbocycles. The predicted octanol–water partition coefficient (Wildman–Crippen LogP) is 5.10. The molecule has 1 heterocycles. The largest absolute Gasteiger partial charge is 0.508 e. The summed E-state index contributed by atoms with van der Waals surface area (Å²) in [6.45, 7) is 0.130. The van der Waals surface area contributed by atoms with Gasteiger partial charge in [0.1, 0.15) is 16.6 Å². The topological polar surface area (TPSA) is 62.2 Å². The zero-order valence-corrected chi connectivity index (χ0v) is 15.0. The summed E-state index contributed by atoms with van der Waals surface area (Å²) in [7, 11) is 0. The fourth-order valence-electron chi connectivity index (χ4n) is 2.69. The Balaban J connectivity index is 1.45. The zero-order valence-electron chi connectivity index (χ0n) is 14.1. The van der Waals surface area contributed by atoms with Crippen molar-refractivity contribution in [1.29, 1.82) is 0 Å². The Bertz CT molecular complexity index is 1110. The Labute approximate surface area is 158 Å². The average molecular weight is 378 g/mol. The monoisotopic (exact) mass is 378 g/mol. The maximum Gasteiger partial charge on any atom is 0.181 e. The van der Waals surface area contributed by atoms with E-state index in [1.807, 2.05) is 24.3 Å². The van der Waals surface area contributed by atoms with Gasteiger partial charge in [-0.15, -0.1) is 11.3 Å². The zero-order chi connectivity index (χ0) is 18.8. The second-order valence-corrected chi connectivity index (χ2v) is 7.06. The van der Waals surface area contributed by atoms with Gasteiger partial charge in [0, 0.05) is 16.8 Å². The first kappa shape index (κ1) is 17.2. The molecule has 134 valence electrons. The highest BCUT2D eigenvalue weighted by molar-refractivity contribution is 7.21. The molecule has 4 rings (SSSR count). The van der Waals surface area contributed by atoms with E-state index >= 15 is 0 Å². The number of phenolic OH excluding ortho intramolecular Hbond substituents is 1. The summed E-state index contributed by atoms with van der Waals surface area (Å²) in [6.07, 6.45) is 0. The van der Waals surface area contributed by atoms with Gasteiger partial charge in [-0.3, -0.25) is 4.79 Å². The van der Waals surface area contributed by atoms with Crippen LogP contribution < -0.4 is 5.32 Å². The highest BCUT2D eigenvalue weighted by atomic mass is 32.1. The molecule has 0 amide bonds.